The topological polar surface area (TPSA) is 82.1 Å². The molecule has 7 nitrogen and oxygen atoms in total. The van der Waals surface area contributed by atoms with E-state index in [1.165, 1.54) is 18.7 Å². The summed E-state index contributed by atoms with van der Waals surface area (Å²) in [4.78, 5) is 36.6. The van der Waals surface area contributed by atoms with Crippen LogP contribution in [0, 0.1) is 6.92 Å². The summed E-state index contributed by atoms with van der Waals surface area (Å²) in [6.45, 7) is 4.63. The number of hydrogen-bond donors (Lipinski definition) is 1. The minimum Gasteiger partial charge on any atom is -0.312 e. The molecule has 3 rings (SSSR count). The maximum Gasteiger partial charge on any atom is 0.270 e. The van der Waals surface area contributed by atoms with E-state index in [1.807, 2.05) is 25.1 Å². The standard InChI is InChI=1S/C15H16N4O3S/c1-8-5-6-12-11(7-8)15(13(22)18(12)4)19(10(3)21)17-14(23-15)16-9(2)20/h5-7H,1-4H3,(H,16,17,20). The third-order valence-corrected chi connectivity index (χ3v) is 5.03. The number of amides is 3. The van der Waals surface area contributed by atoms with Gasteiger partial charge < -0.3 is 10.2 Å². The average Bonchev–Trinajstić information content (AvgIpc) is 2.93. The number of fused-ring (bicyclic) bond motifs is 2. The van der Waals surface area contributed by atoms with Crippen LogP contribution in [0.15, 0.2) is 23.3 Å². The first-order chi connectivity index (χ1) is 10.8. The summed E-state index contributed by atoms with van der Waals surface area (Å²) in [6.07, 6.45) is 0. The predicted octanol–water partition coefficient (Wildman–Crippen LogP) is 1.13. The summed E-state index contributed by atoms with van der Waals surface area (Å²) in [5.74, 6) is -0.934. The van der Waals surface area contributed by atoms with Gasteiger partial charge in [-0.3, -0.25) is 14.4 Å². The molecule has 0 saturated carbocycles. The number of thioether (sulfide) groups is 1. The molecular weight excluding hydrogens is 316 g/mol. The van der Waals surface area contributed by atoms with Crippen LogP contribution in [0.2, 0.25) is 0 Å². The van der Waals surface area contributed by atoms with E-state index < -0.39 is 4.87 Å². The zero-order chi connectivity index (χ0) is 16.9. The molecule has 1 N–H and O–H groups in total. The van der Waals surface area contributed by atoms with E-state index in [9.17, 15) is 14.4 Å². The normalized spacial score (nSPS) is 22.4. The summed E-state index contributed by atoms with van der Waals surface area (Å²) in [7, 11) is 1.67. The molecule has 2 heterocycles. The predicted molar refractivity (Wildman–Crippen MR) is 87.6 cm³/mol. The highest BCUT2D eigenvalue weighted by Crippen LogP contribution is 2.54. The molecule has 2 aliphatic heterocycles. The van der Waals surface area contributed by atoms with Gasteiger partial charge in [-0.1, -0.05) is 17.7 Å². The second kappa shape index (κ2) is 5.09. The van der Waals surface area contributed by atoms with Crippen molar-refractivity contribution in [1.82, 2.24) is 10.3 Å². The number of carbonyl (C=O) groups is 3. The second-order valence-electron chi connectivity index (χ2n) is 5.55. The van der Waals surface area contributed by atoms with Crippen molar-refractivity contribution >= 4 is 40.3 Å². The first kappa shape index (κ1) is 15.5. The number of likely N-dealkylation sites (N-methyl/N-ethyl adjacent to an activating group) is 1. The molecule has 120 valence electrons. The molecule has 1 spiro atoms. The Labute approximate surface area is 137 Å². The molecule has 3 amide bonds. The fourth-order valence-electron chi connectivity index (χ4n) is 2.83. The van der Waals surface area contributed by atoms with E-state index in [2.05, 4.69) is 10.4 Å². The van der Waals surface area contributed by atoms with E-state index in [0.29, 0.717) is 5.56 Å². The lowest BCUT2D eigenvalue weighted by Crippen LogP contribution is -2.47. The van der Waals surface area contributed by atoms with Gasteiger partial charge in [0.05, 0.1) is 5.69 Å². The van der Waals surface area contributed by atoms with Crippen LogP contribution in [0.4, 0.5) is 5.69 Å². The average molecular weight is 332 g/mol. The minimum atomic E-state index is -1.29. The number of rotatable bonds is 0. The molecule has 0 aromatic heterocycles. The maximum absolute atomic E-state index is 13.0. The number of aryl methyl sites for hydroxylation is 1. The summed E-state index contributed by atoms with van der Waals surface area (Å²) < 4.78 is 0. The Morgan fingerprint density at radius 3 is 2.61 bits per heavy atom. The van der Waals surface area contributed by atoms with Crippen molar-refractivity contribution in [2.75, 3.05) is 11.9 Å². The number of amidine groups is 1. The molecule has 8 heteroatoms. The molecule has 0 radical (unpaired) electrons. The van der Waals surface area contributed by atoms with Crippen LogP contribution >= 0.6 is 11.8 Å². The maximum atomic E-state index is 13.0. The van der Waals surface area contributed by atoms with Crippen LogP contribution in [0.5, 0.6) is 0 Å². The Kier molecular flexibility index (Phi) is 3.44. The SMILES string of the molecule is CC(=O)NC1=NN(C(C)=O)C2(S1)C(=O)N(C)c1ccc(C)cc12. The smallest absolute Gasteiger partial charge is 0.270 e. The van der Waals surface area contributed by atoms with Gasteiger partial charge in [-0.25, -0.2) is 0 Å². The molecule has 0 saturated heterocycles. The Hall–Kier alpha value is -2.35. The summed E-state index contributed by atoms with van der Waals surface area (Å²) >= 11 is 1.08. The van der Waals surface area contributed by atoms with Crippen molar-refractivity contribution in [2.24, 2.45) is 5.10 Å². The van der Waals surface area contributed by atoms with Gasteiger partial charge in [-0.15, -0.1) is 5.10 Å². The molecule has 23 heavy (non-hydrogen) atoms. The van der Waals surface area contributed by atoms with E-state index in [1.54, 1.807) is 7.05 Å². The molecule has 0 fully saturated rings. The number of anilines is 1. The molecule has 0 aliphatic carbocycles. The van der Waals surface area contributed by atoms with Gasteiger partial charge in [-0.2, -0.15) is 5.01 Å². The fourth-order valence-corrected chi connectivity index (χ4v) is 4.18. The third-order valence-electron chi connectivity index (χ3n) is 3.79. The van der Waals surface area contributed by atoms with Crippen molar-refractivity contribution < 1.29 is 14.4 Å². The first-order valence-corrected chi connectivity index (χ1v) is 7.84. The highest BCUT2D eigenvalue weighted by atomic mass is 32.2. The molecule has 1 atom stereocenters. The molecule has 1 aromatic carbocycles. The molecule has 1 unspecified atom stereocenters. The van der Waals surface area contributed by atoms with Gasteiger partial charge in [0.1, 0.15) is 0 Å². The largest absolute Gasteiger partial charge is 0.312 e. The van der Waals surface area contributed by atoms with Crippen molar-refractivity contribution in [3.05, 3.63) is 29.3 Å². The first-order valence-electron chi connectivity index (χ1n) is 7.02. The zero-order valence-corrected chi connectivity index (χ0v) is 14.0. The van der Waals surface area contributed by atoms with Crippen molar-refractivity contribution in [2.45, 2.75) is 25.6 Å². The molecule has 2 aliphatic rings. The van der Waals surface area contributed by atoms with Gasteiger partial charge in [0.15, 0.2) is 5.17 Å². The van der Waals surface area contributed by atoms with E-state index in [4.69, 9.17) is 0 Å². The van der Waals surface area contributed by atoms with Crippen molar-refractivity contribution in [3.63, 3.8) is 0 Å². The van der Waals surface area contributed by atoms with Crippen LogP contribution in [-0.4, -0.2) is 34.9 Å². The number of benzene rings is 1. The Bertz CT molecular complexity index is 776. The fraction of sp³-hybridized carbons (Fsp3) is 0.333. The second-order valence-corrected chi connectivity index (χ2v) is 6.73. The van der Waals surface area contributed by atoms with Crippen LogP contribution < -0.4 is 10.2 Å². The third kappa shape index (κ3) is 2.13. The van der Waals surface area contributed by atoms with Crippen LogP contribution in [0.1, 0.15) is 25.0 Å². The Morgan fingerprint density at radius 2 is 2.00 bits per heavy atom. The number of nitrogens with one attached hydrogen (secondary N) is 1. The lowest BCUT2D eigenvalue weighted by atomic mass is 10.0. The van der Waals surface area contributed by atoms with Crippen molar-refractivity contribution in [3.8, 4) is 0 Å². The zero-order valence-electron chi connectivity index (χ0n) is 13.2. The highest BCUT2D eigenvalue weighted by molar-refractivity contribution is 8.15. The van der Waals surface area contributed by atoms with Crippen LogP contribution in [0.25, 0.3) is 0 Å². The number of hydrazone groups is 1. The molecule has 0 bridgehead atoms. The van der Waals surface area contributed by atoms with Gasteiger partial charge in [0, 0.05) is 26.5 Å². The number of carbonyl (C=O) groups excluding carboxylic acids is 3. The van der Waals surface area contributed by atoms with E-state index >= 15 is 0 Å². The van der Waals surface area contributed by atoms with Crippen LogP contribution in [-0.2, 0) is 19.3 Å². The summed E-state index contributed by atoms with van der Waals surface area (Å²) in [5.41, 5.74) is 2.41. The monoisotopic (exact) mass is 332 g/mol. The highest BCUT2D eigenvalue weighted by Gasteiger charge is 2.60. The lowest BCUT2D eigenvalue weighted by Gasteiger charge is -2.29. The summed E-state index contributed by atoms with van der Waals surface area (Å²) in [6, 6.07) is 5.65. The Morgan fingerprint density at radius 1 is 1.30 bits per heavy atom. The van der Waals surface area contributed by atoms with E-state index in [-0.39, 0.29) is 22.9 Å². The molecule has 1 aromatic rings. The minimum absolute atomic E-state index is 0.240. The molecular formula is C15H16N4O3S. The van der Waals surface area contributed by atoms with Crippen molar-refractivity contribution in [1.29, 1.82) is 0 Å². The Balaban J connectivity index is 2.18. The van der Waals surface area contributed by atoms with Gasteiger partial charge in [-0.05, 0) is 24.8 Å². The van der Waals surface area contributed by atoms with Gasteiger partial charge in [0.2, 0.25) is 16.7 Å². The van der Waals surface area contributed by atoms with Crippen LogP contribution in [0.3, 0.4) is 0 Å². The summed E-state index contributed by atoms with van der Waals surface area (Å²) in [5, 5.41) is 8.13. The number of nitrogens with zero attached hydrogens (tertiary/aromatic N) is 3. The lowest BCUT2D eigenvalue weighted by molar-refractivity contribution is -0.139. The quantitative estimate of drug-likeness (QED) is 0.772. The van der Waals surface area contributed by atoms with Gasteiger partial charge >= 0.3 is 0 Å². The van der Waals surface area contributed by atoms with E-state index in [0.717, 1.165) is 28.0 Å². The number of hydrogen-bond acceptors (Lipinski definition) is 5. The van der Waals surface area contributed by atoms with Gasteiger partial charge in [0.25, 0.3) is 5.91 Å².